The summed E-state index contributed by atoms with van der Waals surface area (Å²) in [7, 11) is -1.72. The Balaban J connectivity index is 2.07. The highest BCUT2D eigenvalue weighted by atomic mass is 28.4. The fourth-order valence-electron chi connectivity index (χ4n) is 4.43. The predicted octanol–water partition coefficient (Wildman–Crippen LogP) is 3.34. The molecule has 1 fully saturated rings. The molecule has 2 bridgehead atoms. The van der Waals surface area contributed by atoms with Crippen LogP contribution in [0.25, 0.3) is 0 Å². The molecule has 114 valence electrons. The molecule has 0 aromatic rings. The Kier molecular flexibility index (Phi) is 3.10. The Hall–Kier alpha value is -1.16. The quantitative estimate of drug-likeness (QED) is 0.735. The van der Waals surface area contributed by atoms with Gasteiger partial charge in [0.2, 0.25) is 8.32 Å². The van der Waals surface area contributed by atoms with Crippen LogP contribution in [0.4, 0.5) is 0 Å². The van der Waals surface area contributed by atoms with Crippen LogP contribution in [-0.4, -0.2) is 19.9 Å². The minimum atomic E-state index is -1.72. The van der Waals surface area contributed by atoms with E-state index < -0.39 is 8.32 Å². The van der Waals surface area contributed by atoms with E-state index in [2.05, 4.69) is 39.6 Å². The smallest absolute Gasteiger partial charge is 0.241 e. The molecule has 3 nitrogen and oxygen atoms in total. The van der Waals surface area contributed by atoms with Crippen molar-refractivity contribution in [3.63, 3.8) is 0 Å². The first kappa shape index (κ1) is 14.8. The molecule has 0 aliphatic heterocycles. The Labute approximate surface area is 127 Å². The first-order chi connectivity index (χ1) is 9.60. The van der Waals surface area contributed by atoms with Gasteiger partial charge in [-0.2, -0.15) is 0 Å². The zero-order valence-electron chi connectivity index (χ0n) is 13.5. The van der Waals surface area contributed by atoms with Gasteiger partial charge in [0.05, 0.1) is 5.76 Å². The van der Waals surface area contributed by atoms with Crippen molar-refractivity contribution in [2.75, 3.05) is 0 Å². The lowest BCUT2D eigenvalue weighted by Crippen LogP contribution is -2.55. The Morgan fingerprint density at radius 2 is 1.67 bits per heavy atom. The second-order valence-electron chi connectivity index (χ2n) is 8.31. The third-order valence-corrected chi connectivity index (χ3v) is 5.84. The van der Waals surface area contributed by atoms with Gasteiger partial charge in [-0.25, -0.2) is 0 Å². The van der Waals surface area contributed by atoms with Gasteiger partial charge in [0.15, 0.2) is 11.6 Å². The van der Waals surface area contributed by atoms with Crippen LogP contribution in [0.15, 0.2) is 24.0 Å². The first-order valence-corrected chi connectivity index (χ1v) is 11.2. The van der Waals surface area contributed by atoms with Gasteiger partial charge in [0.25, 0.3) is 0 Å². The molecular formula is C17H24O3Si. The summed E-state index contributed by atoms with van der Waals surface area (Å²) >= 11 is 0. The van der Waals surface area contributed by atoms with E-state index in [1.54, 1.807) is 0 Å². The van der Waals surface area contributed by atoms with Crippen molar-refractivity contribution >= 4 is 19.9 Å². The van der Waals surface area contributed by atoms with Gasteiger partial charge >= 0.3 is 0 Å². The van der Waals surface area contributed by atoms with Crippen molar-refractivity contribution < 1.29 is 14.0 Å². The largest absolute Gasteiger partial charge is 0.547 e. The molecule has 21 heavy (non-hydrogen) atoms. The van der Waals surface area contributed by atoms with E-state index in [1.165, 1.54) is 12.2 Å². The second-order valence-corrected chi connectivity index (χ2v) is 12.7. The molecule has 0 aromatic heterocycles. The molecule has 1 saturated carbocycles. The molecule has 0 amide bonds. The van der Waals surface area contributed by atoms with Gasteiger partial charge in [-0.1, -0.05) is 13.8 Å². The summed E-state index contributed by atoms with van der Waals surface area (Å²) in [6.45, 7) is 10.9. The summed E-state index contributed by atoms with van der Waals surface area (Å²) in [6.07, 6.45) is 6.07. The highest BCUT2D eigenvalue weighted by Crippen LogP contribution is 2.58. The second kappa shape index (κ2) is 4.42. The molecule has 0 unspecified atom stereocenters. The standard InChI is InChI=1S/C17H24O3Si/c1-17(2)9-10-8-13(20-21(3,4)5)16(17)15-12(19)7-6-11(18)14(10)15/h6-8,10,14-16H,9H2,1-5H3/t10-,14+,15-,16-/m1/s1. The number of hydrogen-bond donors (Lipinski definition) is 0. The number of ketones is 2. The lowest BCUT2D eigenvalue weighted by atomic mass is 9.49. The van der Waals surface area contributed by atoms with E-state index in [9.17, 15) is 9.59 Å². The molecule has 4 aliphatic carbocycles. The molecule has 4 rings (SSSR count). The van der Waals surface area contributed by atoms with Crippen molar-refractivity contribution in [1.29, 1.82) is 0 Å². The Morgan fingerprint density at radius 3 is 2.24 bits per heavy atom. The molecule has 0 aromatic carbocycles. The molecule has 0 saturated heterocycles. The SMILES string of the molecule is CC1(C)C[C@H]2C=C(O[Si](C)(C)C)[C@@H]1[C@@H]1C(=O)C=CC(=O)[C@@H]12. The summed E-state index contributed by atoms with van der Waals surface area (Å²) in [5, 5.41) is 0. The van der Waals surface area contributed by atoms with Gasteiger partial charge in [-0.05, 0) is 55.6 Å². The van der Waals surface area contributed by atoms with E-state index in [-0.39, 0.29) is 40.7 Å². The number of allylic oxidation sites excluding steroid dienone is 4. The average molecular weight is 304 g/mol. The normalized spacial score (nSPS) is 37.3. The first-order valence-electron chi connectivity index (χ1n) is 7.77. The topological polar surface area (TPSA) is 43.4 Å². The fraction of sp³-hybridized carbons (Fsp3) is 0.647. The van der Waals surface area contributed by atoms with Gasteiger partial charge in [-0.15, -0.1) is 0 Å². The molecule has 0 N–H and O–H groups in total. The third kappa shape index (κ3) is 2.33. The Bertz CT molecular complexity index is 565. The van der Waals surface area contributed by atoms with Crippen molar-refractivity contribution in [3.8, 4) is 0 Å². The van der Waals surface area contributed by atoms with Crippen LogP contribution in [0.1, 0.15) is 20.3 Å². The van der Waals surface area contributed by atoms with Crippen LogP contribution < -0.4 is 0 Å². The number of carbonyl (C=O) groups excluding carboxylic acids is 2. The average Bonchev–Trinajstić information content (AvgIpc) is 2.29. The van der Waals surface area contributed by atoms with Gasteiger partial charge < -0.3 is 4.43 Å². The van der Waals surface area contributed by atoms with Crippen molar-refractivity contribution in [2.24, 2.45) is 29.1 Å². The minimum absolute atomic E-state index is 0.0106. The van der Waals surface area contributed by atoms with Gasteiger partial charge in [-0.3, -0.25) is 9.59 Å². The highest BCUT2D eigenvalue weighted by molar-refractivity contribution is 6.70. The minimum Gasteiger partial charge on any atom is -0.547 e. The predicted molar refractivity (Wildman–Crippen MR) is 84.0 cm³/mol. The molecule has 4 atom stereocenters. The fourth-order valence-corrected chi connectivity index (χ4v) is 5.33. The van der Waals surface area contributed by atoms with Gasteiger partial charge in [0, 0.05) is 17.8 Å². The van der Waals surface area contributed by atoms with E-state index >= 15 is 0 Å². The Morgan fingerprint density at radius 1 is 1.10 bits per heavy atom. The number of rotatable bonds is 2. The molecule has 4 aliphatic rings. The lowest BCUT2D eigenvalue weighted by molar-refractivity contribution is -0.141. The van der Waals surface area contributed by atoms with E-state index in [0.717, 1.165) is 12.2 Å². The number of fused-ring (bicyclic) bond motifs is 1. The van der Waals surface area contributed by atoms with Crippen LogP contribution in [0.3, 0.4) is 0 Å². The molecule has 0 spiro atoms. The van der Waals surface area contributed by atoms with Crippen LogP contribution in [-0.2, 0) is 14.0 Å². The van der Waals surface area contributed by atoms with Crippen LogP contribution in [0.5, 0.6) is 0 Å². The summed E-state index contributed by atoms with van der Waals surface area (Å²) in [5.41, 5.74) is 0.0106. The van der Waals surface area contributed by atoms with Crippen LogP contribution in [0, 0.1) is 29.1 Å². The molecule has 0 radical (unpaired) electrons. The maximum Gasteiger partial charge on any atom is 0.241 e. The number of hydrogen-bond acceptors (Lipinski definition) is 3. The summed E-state index contributed by atoms with van der Waals surface area (Å²) in [6, 6.07) is 0. The maximum atomic E-state index is 12.5. The van der Waals surface area contributed by atoms with E-state index in [1.807, 2.05) is 0 Å². The summed E-state index contributed by atoms with van der Waals surface area (Å²) in [4.78, 5) is 24.7. The van der Waals surface area contributed by atoms with E-state index in [4.69, 9.17) is 4.43 Å². The van der Waals surface area contributed by atoms with Crippen molar-refractivity contribution in [2.45, 2.75) is 39.9 Å². The van der Waals surface area contributed by atoms with Crippen LogP contribution in [0.2, 0.25) is 19.6 Å². The van der Waals surface area contributed by atoms with Gasteiger partial charge in [0.1, 0.15) is 0 Å². The lowest BCUT2D eigenvalue weighted by Gasteiger charge is -2.55. The summed E-state index contributed by atoms with van der Waals surface area (Å²) < 4.78 is 6.29. The monoisotopic (exact) mass is 304 g/mol. The van der Waals surface area contributed by atoms with Crippen LogP contribution >= 0.6 is 0 Å². The number of carbonyl (C=O) groups is 2. The van der Waals surface area contributed by atoms with E-state index in [0.29, 0.717) is 0 Å². The maximum absolute atomic E-state index is 12.5. The zero-order valence-corrected chi connectivity index (χ0v) is 14.5. The van der Waals surface area contributed by atoms with Crippen molar-refractivity contribution in [1.82, 2.24) is 0 Å². The zero-order chi connectivity index (χ0) is 15.6. The summed E-state index contributed by atoms with van der Waals surface area (Å²) in [5.74, 6) is 1.01. The molecule has 4 heteroatoms. The third-order valence-electron chi connectivity index (χ3n) is 4.99. The highest BCUT2D eigenvalue weighted by Gasteiger charge is 2.58. The van der Waals surface area contributed by atoms with Crippen molar-refractivity contribution in [3.05, 3.63) is 24.0 Å². The molecule has 0 heterocycles. The molecular weight excluding hydrogens is 280 g/mol.